The van der Waals surface area contributed by atoms with Gasteiger partial charge in [0.25, 0.3) is 0 Å². The Morgan fingerprint density at radius 2 is 1.53 bits per heavy atom. The van der Waals surface area contributed by atoms with Gasteiger partial charge < -0.3 is 30.3 Å². The number of ether oxygens (including phenoxy) is 2. The molecule has 7 unspecified atom stereocenters. The van der Waals surface area contributed by atoms with E-state index in [4.69, 9.17) is 9.47 Å². The molecule has 0 aromatic heterocycles. The number of nitrogens with zero attached hydrogens (tertiary/aromatic N) is 1. The second-order valence-corrected chi connectivity index (χ2v) is 12.9. The van der Waals surface area contributed by atoms with E-state index in [9.17, 15) is 19.8 Å². The third-order valence-corrected chi connectivity index (χ3v) is 9.38. The lowest BCUT2D eigenvalue weighted by atomic mass is 9.89. The predicted octanol–water partition coefficient (Wildman–Crippen LogP) is 6.35. The zero-order chi connectivity index (χ0) is 34.9. The van der Waals surface area contributed by atoms with Gasteiger partial charge in [0.15, 0.2) is 12.1 Å². The fraction of sp³-hybridized carbons (Fsp3) is 0.350. The molecule has 2 amide bonds. The van der Waals surface area contributed by atoms with E-state index in [0.717, 1.165) is 27.8 Å². The van der Waals surface area contributed by atoms with Crippen LogP contribution >= 0.6 is 0 Å². The van der Waals surface area contributed by atoms with Crippen LogP contribution in [0.25, 0.3) is 0 Å². The summed E-state index contributed by atoms with van der Waals surface area (Å²) >= 11 is 0. The van der Waals surface area contributed by atoms with Crippen molar-refractivity contribution in [1.82, 2.24) is 10.2 Å². The molecule has 0 bridgehead atoms. The van der Waals surface area contributed by atoms with Crippen molar-refractivity contribution in [3.8, 4) is 0 Å². The fourth-order valence-corrected chi connectivity index (χ4v) is 6.18. The molecule has 4 aromatic carbocycles. The van der Waals surface area contributed by atoms with E-state index in [1.165, 1.54) is 6.92 Å². The maximum absolute atomic E-state index is 13.1. The van der Waals surface area contributed by atoms with Crippen LogP contribution in [0, 0.1) is 5.92 Å². The molecule has 0 radical (unpaired) electrons. The van der Waals surface area contributed by atoms with Crippen molar-refractivity contribution in [2.75, 3.05) is 18.9 Å². The lowest BCUT2D eigenvalue weighted by Gasteiger charge is -2.43. The molecule has 0 aliphatic carbocycles. The Kier molecular flexibility index (Phi) is 12.3. The van der Waals surface area contributed by atoms with Crippen LogP contribution < -0.4 is 10.6 Å². The van der Waals surface area contributed by atoms with Crippen molar-refractivity contribution in [3.63, 3.8) is 0 Å². The number of likely N-dealkylation sites (N-methyl/N-ethyl adjacent to an activating group) is 1. The summed E-state index contributed by atoms with van der Waals surface area (Å²) in [6.45, 7) is 6.06. The van der Waals surface area contributed by atoms with Gasteiger partial charge in [0.05, 0.1) is 31.0 Å². The Morgan fingerprint density at radius 3 is 2.18 bits per heavy atom. The molecule has 0 saturated carbocycles. The molecular formula is C40H47N3O6. The number of amides is 2. The third-order valence-electron chi connectivity index (χ3n) is 9.38. The van der Waals surface area contributed by atoms with Crippen LogP contribution in [-0.4, -0.2) is 58.7 Å². The number of carbonyl (C=O) groups excluding carboxylic acids is 2. The molecule has 258 valence electrons. The number of nitrogens with one attached hydrogen (secondary N) is 2. The Morgan fingerprint density at radius 1 is 0.857 bits per heavy atom. The highest BCUT2D eigenvalue weighted by Gasteiger charge is 2.39. The fourth-order valence-electron chi connectivity index (χ4n) is 6.18. The number of urea groups is 1. The van der Waals surface area contributed by atoms with E-state index < -0.39 is 24.5 Å². The van der Waals surface area contributed by atoms with E-state index in [2.05, 4.69) is 22.5 Å². The van der Waals surface area contributed by atoms with Gasteiger partial charge in [-0.15, -0.1) is 0 Å². The highest BCUT2D eigenvalue weighted by Crippen LogP contribution is 2.42. The molecule has 9 nitrogen and oxygen atoms in total. The van der Waals surface area contributed by atoms with Crippen molar-refractivity contribution < 1.29 is 29.3 Å². The lowest BCUT2D eigenvalue weighted by molar-refractivity contribution is -0.276. The second kappa shape index (κ2) is 16.8. The summed E-state index contributed by atoms with van der Waals surface area (Å²) in [7, 11) is 1.98. The molecule has 7 atom stereocenters. The Labute approximate surface area is 288 Å². The lowest BCUT2D eigenvalue weighted by Crippen LogP contribution is -2.46. The van der Waals surface area contributed by atoms with Gasteiger partial charge in [0.1, 0.15) is 0 Å². The number of carbonyl (C=O) groups is 2. The summed E-state index contributed by atoms with van der Waals surface area (Å²) in [5, 5.41) is 26.4. The summed E-state index contributed by atoms with van der Waals surface area (Å²) in [5.41, 5.74) is 4.83. The van der Waals surface area contributed by atoms with E-state index in [1.54, 1.807) is 6.07 Å². The van der Waals surface area contributed by atoms with Crippen molar-refractivity contribution in [2.24, 2.45) is 5.92 Å². The first-order valence-electron chi connectivity index (χ1n) is 16.8. The second-order valence-electron chi connectivity index (χ2n) is 12.9. The van der Waals surface area contributed by atoms with Crippen molar-refractivity contribution >= 4 is 17.5 Å². The van der Waals surface area contributed by atoms with Gasteiger partial charge in [-0.3, -0.25) is 9.69 Å². The summed E-state index contributed by atoms with van der Waals surface area (Å²) in [4.78, 5) is 27.5. The van der Waals surface area contributed by atoms with Gasteiger partial charge in [-0.2, -0.15) is 0 Å². The number of hydrogen-bond acceptors (Lipinski definition) is 7. The molecule has 9 heteroatoms. The van der Waals surface area contributed by atoms with Crippen molar-refractivity contribution in [3.05, 3.63) is 137 Å². The van der Waals surface area contributed by atoms with Gasteiger partial charge in [0, 0.05) is 29.8 Å². The SMILES string of the molecule is CC(=O)C(Cc1ccccc1)NC(=O)Nc1cccc(C2OC(CN(C)C(C)C(O)c3ccccc3)C(C)C(c3ccc(CO)cc3)O2)c1. The van der Waals surface area contributed by atoms with E-state index >= 15 is 0 Å². The minimum atomic E-state index is -0.751. The highest BCUT2D eigenvalue weighted by molar-refractivity contribution is 5.93. The number of aliphatic hydroxyl groups excluding tert-OH is 2. The molecule has 5 rings (SSSR count). The summed E-state index contributed by atoms with van der Waals surface area (Å²) < 4.78 is 13.3. The summed E-state index contributed by atoms with van der Waals surface area (Å²) in [5.74, 6) is -0.189. The van der Waals surface area contributed by atoms with Crippen LogP contribution in [0.3, 0.4) is 0 Å². The molecule has 1 fully saturated rings. The van der Waals surface area contributed by atoms with Gasteiger partial charge in [-0.25, -0.2) is 4.79 Å². The van der Waals surface area contributed by atoms with Gasteiger partial charge in [0.2, 0.25) is 0 Å². The number of rotatable bonds is 13. The van der Waals surface area contributed by atoms with Crippen LogP contribution in [0.2, 0.25) is 0 Å². The third kappa shape index (κ3) is 9.41. The molecule has 4 N–H and O–H groups in total. The number of ketones is 1. The number of anilines is 1. The largest absolute Gasteiger partial charge is 0.392 e. The van der Waals surface area contributed by atoms with Crippen LogP contribution in [0.4, 0.5) is 10.5 Å². The molecule has 49 heavy (non-hydrogen) atoms. The van der Waals surface area contributed by atoms with E-state index in [1.807, 2.05) is 117 Å². The Balaban J connectivity index is 1.33. The average Bonchev–Trinajstić information content (AvgIpc) is 3.12. The van der Waals surface area contributed by atoms with Gasteiger partial charge >= 0.3 is 6.03 Å². The minimum Gasteiger partial charge on any atom is -0.392 e. The zero-order valence-electron chi connectivity index (χ0n) is 28.5. The van der Waals surface area contributed by atoms with E-state index in [-0.39, 0.29) is 36.6 Å². The number of hydrogen-bond donors (Lipinski definition) is 4. The van der Waals surface area contributed by atoms with Crippen molar-refractivity contribution in [2.45, 2.75) is 70.5 Å². The monoisotopic (exact) mass is 665 g/mol. The first kappa shape index (κ1) is 35.9. The normalized spacial score (nSPS) is 21.0. The number of benzene rings is 4. The zero-order valence-corrected chi connectivity index (χ0v) is 28.5. The molecular weight excluding hydrogens is 618 g/mol. The summed E-state index contributed by atoms with van der Waals surface area (Å²) in [6, 6.07) is 32.9. The van der Waals surface area contributed by atoms with Gasteiger partial charge in [-0.1, -0.05) is 104 Å². The molecule has 0 spiro atoms. The van der Waals surface area contributed by atoms with Crippen LogP contribution in [0.15, 0.2) is 109 Å². The van der Waals surface area contributed by atoms with Crippen LogP contribution in [-0.2, 0) is 27.3 Å². The smallest absolute Gasteiger partial charge is 0.319 e. The number of aliphatic hydroxyl groups is 2. The van der Waals surface area contributed by atoms with Gasteiger partial charge in [-0.05, 0) is 61.7 Å². The maximum atomic E-state index is 13.1. The number of Topliss-reactive ketones (excluding diaryl/α,β-unsaturated/α-hetero) is 1. The molecule has 1 aliphatic heterocycles. The first-order chi connectivity index (χ1) is 23.6. The standard InChI is InChI=1S/C40H47N3O6/c1-26-36(24-43(4)27(2)37(46)31-14-9-6-10-15-31)48-39(49-38(26)32-20-18-30(25-44)19-21-32)33-16-11-17-34(23-33)41-40(47)42-35(28(3)45)22-29-12-7-5-8-13-29/h5-21,23,26-27,35-39,44,46H,22,24-25H2,1-4H3,(H2,41,42,47). The Bertz CT molecular complexity index is 1650. The van der Waals surface area contributed by atoms with Crippen LogP contribution in [0.1, 0.15) is 67.1 Å². The summed E-state index contributed by atoms with van der Waals surface area (Å²) in [6.07, 6.45) is -1.63. The molecule has 1 heterocycles. The Hall–Kier alpha value is -4.38. The predicted molar refractivity (Wildman–Crippen MR) is 190 cm³/mol. The van der Waals surface area contributed by atoms with Crippen LogP contribution in [0.5, 0.6) is 0 Å². The topological polar surface area (TPSA) is 120 Å². The first-order valence-corrected chi connectivity index (χ1v) is 16.8. The molecule has 1 saturated heterocycles. The van der Waals surface area contributed by atoms with E-state index in [0.29, 0.717) is 18.7 Å². The average molecular weight is 666 g/mol. The quantitative estimate of drug-likeness (QED) is 0.131. The highest BCUT2D eigenvalue weighted by atomic mass is 16.7. The molecule has 4 aromatic rings. The molecule has 1 aliphatic rings. The minimum absolute atomic E-state index is 0.0467. The maximum Gasteiger partial charge on any atom is 0.319 e. The van der Waals surface area contributed by atoms with Crippen molar-refractivity contribution in [1.29, 1.82) is 0 Å².